The first-order chi connectivity index (χ1) is 11.0. The van der Waals surface area contributed by atoms with Crippen LogP contribution in [-0.4, -0.2) is 18.3 Å². The monoisotopic (exact) mass is 356 g/mol. The van der Waals surface area contributed by atoms with Gasteiger partial charge in [0, 0.05) is 12.2 Å². The predicted octanol–water partition coefficient (Wildman–Crippen LogP) is 4.47. The molecule has 0 fully saturated rings. The molecule has 0 aliphatic carbocycles. The molecule has 2 rings (SSSR count). The Kier molecular flexibility index (Phi) is 6.55. The maximum absolute atomic E-state index is 12.2. The molecular formula is C16H15ClF2N2OS. The summed E-state index contributed by atoms with van der Waals surface area (Å²) in [6.45, 7) is -2.23. The molecule has 122 valence electrons. The van der Waals surface area contributed by atoms with Gasteiger partial charge in [-0.2, -0.15) is 8.78 Å². The minimum atomic E-state index is -2.91. The molecule has 0 saturated carbocycles. The highest BCUT2D eigenvalue weighted by molar-refractivity contribution is 7.80. The number of alkyl halides is 2. The maximum Gasteiger partial charge on any atom is 0.387 e. The van der Waals surface area contributed by atoms with E-state index in [1.807, 2.05) is 30.3 Å². The third-order valence-electron chi connectivity index (χ3n) is 2.95. The highest BCUT2D eigenvalue weighted by Gasteiger charge is 2.09. The predicted molar refractivity (Wildman–Crippen MR) is 92.5 cm³/mol. The second-order valence-electron chi connectivity index (χ2n) is 4.64. The smallest absolute Gasteiger partial charge is 0.387 e. The van der Waals surface area contributed by atoms with E-state index in [-0.39, 0.29) is 10.8 Å². The molecule has 0 saturated heterocycles. The number of anilines is 1. The lowest BCUT2D eigenvalue weighted by atomic mass is 10.1. The van der Waals surface area contributed by atoms with Gasteiger partial charge in [0.15, 0.2) is 5.11 Å². The fraction of sp³-hybridized carbons (Fsp3) is 0.188. The van der Waals surface area contributed by atoms with Crippen molar-refractivity contribution in [1.29, 1.82) is 0 Å². The highest BCUT2D eigenvalue weighted by Crippen LogP contribution is 2.28. The van der Waals surface area contributed by atoms with Crippen LogP contribution < -0.4 is 15.4 Å². The molecule has 0 amide bonds. The standard InChI is InChI=1S/C16H15ClF2N2OS/c17-13-10-12(6-7-14(13)22-15(18)19)21-16(23)20-9-8-11-4-2-1-3-5-11/h1-7,10,15H,8-9H2,(H2,20,21,23). The van der Waals surface area contributed by atoms with Crippen molar-refractivity contribution in [2.75, 3.05) is 11.9 Å². The second kappa shape index (κ2) is 8.64. The van der Waals surface area contributed by atoms with Crippen LogP contribution in [0.1, 0.15) is 5.56 Å². The lowest BCUT2D eigenvalue weighted by molar-refractivity contribution is -0.0497. The normalized spacial score (nSPS) is 10.4. The molecule has 0 aromatic heterocycles. The number of hydrogen-bond donors (Lipinski definition) is 2. The molecular weight excluding hydrogens is 342 g/mol. The van der Waals surface area contributed by atoms with Crippen LogP contribution in [0, 0.1) is 0 Å². The van der Waals surface area contributed by atoms with E-state index in [0.717, 1.165) is 6.42 Å². The van der Waals surface area contributed by atoms with E-state index < -0.39 is 6.61 Å². The quantitative estimate of drug-likeness (QED) is 0.748. The molecule has 0 aliphatic heterocycles. The summed E-state index contributed by atoms with van der Waals surface area (Å²) in [6.07, 6.45) is 0.838. The Labute approximate surface area is 143 Å². The van der Waals surface area contributed by atoms with Crippen LogP contribution in [0.3, 0.4) is 0 Å². The minimum absolute atomic E-state index is 0.0739. The van der Waals surface area contributed by atoms with E-state index >= 15 is 0 Å². The Morgan fingerprint density at radius 2 is 1.91 bits per heavy atom. The zero-order valence-corrected chi connectivity index (χ0v) is 13.6. The summed E-state index contributed by atoms with van der Waals surface area (Å²) in [5.74, 6) is -0.0739. The van der Waals surface area contributed by atoms with Gasteiger partial charge in [0.1, 0.15) is 5.75 Å². The van der Waals surface area contributed by atoms with Crippen molar-refractivity contribution in [3.05, 3.63) is 59.1 Å². The van der Waals surface area contributed by atoms with Crippen LogP contribution in [0.2, 0.25) is 5.02 Å². The van der Waals surface area contributed by atoms with Gasteiger partial charge in [0.2, 0.25) is 0 Å². The van der Waals surface area contributed by atoms with Crippen LogP contribution in [0.5, 0.6) is 5.75 Å². The van der Waals surface area contributed by atoms with E-state index in [2.05, 4.69) is 15.4 Å². The summed E-state index contributed by atoms with van der Waals surface area (Å²) in [4.78, 5) is 0. The Bertz CT molecular complexity index is 656. The van der Waals surface area contributed by atoms with E-state index in [4.69, 9.17) is 23.8 Å². The van der Waals surface area contributed by atoms with Crippen LogP contribution in [0.4, 0.5) is 14.5 Å². The Morgan fingerprint density at radius 1 is 1.17 bits per heavy atom. The van der Waals surface area contributed by atoms with Gasteiger partial charge in [-0.3, -0.25) is 0 Å². The Balaban J connectivity index is 1.82. The number of thiocarbonyl (C=S) groups is 1. The maximum atomic E-state index is 12.2. The third kappa shape index (κ3) is 6.00. The van der Waals surface area contributed by atoms with Crippen LogP contribution >= 0.6 is 23.8 Å². The number of halogens is 3. The molecule has 2 N–H and O–H groups in total. The first kappa shape index (κ1) is 17.4. The van der Waals surface area contributed by atoms with Crippen LogP contribution in [0.25, 0.3) is 0 Å². The summed E-state index contributed by atoms with van der Waals surface area (Å²) in [6, 6.07) is 14.4. The molecule has 0 unspecified atom stereocenters. The average Bonchev–Trinajstić information content (AvgIpc) is 2.51. The van der Waals surface area contributed by atoms with E-state index in [1.54, 1.807) is 6.07 Å². The first-order valence-corrected chi connectivity index (χ1v) is 7.66. The Morgan fingerprint density at radius 3 is 2.57 bits per heavy atom. The molecule has 0 atom stereocenters. The molecule has 0 aliphatic rings. The summed E-state index contributed by atoms with van der Waals surface area (Å²) >= 11 is 11.1. The summed E-state index contributed by atoms with van der Waals surface area (Å²) in [7, 11) is 0. The van der Waals surface area contributed by atoms with Gasteiger partial charge < -0.3 is 15.4 Å². The minimum Gasteiger partial charge on any atom is -0.433 e. The van der Waals surface area contributed by atoms with Gasteiger partial charge in [-0.15, -0.1) is 0 Å². The lowest BCUT2D eigenvalue weighted by Crippen LogP contribution is -2.30. The topological polar surface area (TPSA) is 33.3 Å². The van der Waals surface area contributed by atoms with Gasteiger partial charge in [-0.25, -0.2) is 0 Å². The fourth-order valence-corrected chi connectivity index (χ4v) is 2.36. The highest BCUT2D eigenvalue weighted by atomic mass is 35.5. The molecule has 3 nitrogen and oxygen atoms in total. The third-order valence-corrected chi connectivity index (χ3v) is 3.49. The number of ether oxygens (including phenoxy) is 1. The largest absolute Gasteiger partial charge is 0.433 e. The summed E-state index contributed by atoms with van der Waals surface area (Å²) in [5.41, 5.74) is 1.80. The SMILES string of the molecule is FC(F)Oc1ccc(NC(=S)NCCc2ccccc2)cc1Cl. The van der Waals surface area contributed by atoms with Gasteiger partial charge in [-0.1, -0.05) is 41.9 Å². The summed E-state index contributed by atoms with van der Waals surface area (Å²) < 4.78 is 28.6. The van der Waals surface area contributed by atoms with E-state index in [0.29, 0.717) is 17.3 Å². The molecule has 2 aromatic rings. The van der Waals surface area contributed by atoms with E-state index in [1.165, 1.54) is 17.7 Å². The number of benzene rings is 2. The van der Waals surface area contributed by atoms with Crippen molar-refractivity contribution < 1.29 is 13.5 Å². The number of hydrogen-bond acceptors (Lipinski definition) is 2. The first-order valence-electron chi connectivity index (χ1n) is 6.88. The van der Waals surface area contributed by atoms with Crippen molar-refractivity contribution in [3.8, 4) is 5.75 Å². The molecule has 23 heavy (non-hydrogen) atoms. The zero-order valence-electron chi connectivity index (χ0n) is 12.1. The van der Waals surface area contributed by atoms with Crippen molar-refractivity contribution >= 4 is 34.6 Å². The molecule has 0 heterocycles. The van der Waals surface area contributed by atoms with Crippen molar-refractivity contribution in [2.45, 2.75) is 13.0 Å². The number of rotatable bonds is 6. The Hall–Kier alpha value is -1.92. The summed E-state index contributed by atoms with van der Waals surface area (Å²) in [5, 5.41) is 6.53. The second-order valence-corrected chi connectivity index (χ2v) is 5.46. The van der Waals surface area contributed by atoms with Gasteiger partial charge in [-0.05, 0) is 42.4 Å². The number of nitrogens with one attached hydrogen (secondary N) is 2. The molecule has 0 spiro atoms. The molecule has 0 radical (unpaired) electrons. The van der Waals surface area contributed by atoms with Crippen molar-refractivity contribution in [3.63, 3.8) is 0 Å². The average molecular weight is 357 g/mol. The van der Waals surface area contributed by atoms with Crippen molar-refractivity contribution in [1.82, 2.24) is 5.32 Å². The van der Waals surface area contributed by atoms with Gasteiger partial charge >= 0.3 is 6.61 Å². The van der Waals surface area contributed by atoms with Gasteiger partial charge in [0.05, 0.1) is 5.02 Å². The molecule has 0 bridgehead atoms. The van der Waals surface area contributed by atoms with E-state index in [9.17, 15) is 8.78 Å². The fourth-order valence-electron chi connectivity index (χ4n) is 1.91. The van der Waals surface area contributed by atoms with Crippen LogP contribution in [-0.2, 0) is 6.42 Å². The molecule has 2 aromatic carbocycles. The molecule has 7 heteroatoms. The van der Waals surface area contributed by atoms with Crippen molar-refractivity contribution in [2.24, 2.45) is 0 Å². The zero-order chi connectivity index (χ0) is 16.7. The lowest BCUT2D eigenvalue weighted by Gasteiger charge is -2.12. The van der Waals surface area contributed by atoms with Gasteiger partial charge in [0.25, 0.3) is 0 Å². The van der Waals surface area contributed by atoms with Crippen LogP contribution in [0.15, 0.2) is 48.5 Å².